The second kappa shape index (κ2) is 7.80. The maximum Gasteiger partial charge on any atom is 0.251 e. The summed E-state index contributed by atoms with van der Waals surface area (Å²) in [5, 5.41) is 2.97. The van der Waals surface area contributed by atoms with E-state index in [9.17, 15) is 4.79 Å². The molecule has 5 heteroatoms. The number of likely N-dealkylation sites (tertiary alicyclic amines) is 1. The van der Waals surface area contributed by atoms with E-state index in [0.717, 1.165) is 23.4 Å². The Morgan fingerprint density at radius 3 is 2.81 bits per heavy atom. The molecule has 1 aliphatic heterocycles. The van der Waals surface area contributed by atoms with E-state index in [1.165, 1.54) is 25.9 Å². The lowest BCUT2D eigenvalue weighted by atomic mass is 9.99. The highest BCUT2D eigenvalue weighted by molar-refractivity contribution is 9.10. The van der Waals surface area contributed by atoms with Crippen LogP contribution in [-0.4, -0.2) is 37.0 Å². The summed E-state index contributed by atoms with van der Waals surface area (Å²) in [5.74, 6) is 0.827. The molecule has 1 aromatic rings. The summed E-state index contributed by atoms with van der Waals surface area (Å²) in [5.41, 5.74) is 7.00. The van der Waals surface area contributed by atoms with E-state index in [-0.39, 0.29) is 5.91 Å². The molecule has 0 aliphatic carbocycles. The molecule has 1 fully saturated rings. The Hall–Kier alpha value is -1.07. The van der Waals surface area contributed by atoms with Crippen LogP contribution in [0, 0.1) is 5.92 Å². The van der Waals surface area contributed by atoms with Crippen molar-refractivity contribution in [3.8, 4) is 0 Å². The Labute approximate surface area is 135 Å². The van der Waals surface area contributed by atoms with Gasteiger partial charge in [0.1, 0.15) is 0 Å². The van der Waals surface area contributed by atoms with Gasteiger partial charge in [0.15, 0.2) is 0 Å². The van der Waals surface area contributed by atoms with Crippen LogP contribution in [-0.2, 0) is 0 Å². The van der Waals surface area contributed by atoms with Gasteiger partial charge in [0, 0.05) is 22.3 Å². The van der Waals surface area contributed by atoms with Gasteiger partial charge in [-0.05, 0) is 78.9 Å². The average Bonchev–Trinajstić information content (AvgIpc) is 2.48. The summed E-state index contributed by atoms with van der Waals surface area (Å²) < 4.78 is 0.762. The maximum atomic E-state index is 12.0. The zero-order valence-electron chi connectivity index (χ0n) is 12.6. The van der Waals surface area contributed by atoms with Gasteiger partial charge in [-0.3, -0.25) is 4.79 Å². The van der Waals surface area contributed by atoms with Crippen molar-refractivity contribution in [3.05, 3.63) is 28.2 Å². The van der Waals surface area contributed by atoms with E-state index < -0.39 is 0 Å². The minimum atomic E-state index is -0.0389. The Kier molecular flexibility index (Phi) is 6.06. The molecule has 4 nitrogen and oxygen atoms in total. The first-order valence-electron chi connectivity index (χ1n) is 7.62. The van der Waals surface area contributed by atoms with Gasteiger partial charge in [0.05, 0.1) is 0 Å². The SMILES string of the molecule is CC1CCN(CCCNC(=O)c2ccc(N)c(Br)c2)CC1. The normalized spacial score (nSPS) is 16.9. The summed E-state index contributed by atoms with van der Waals surface area (Å²) in [6.07, 6.45) is 3.59. The fourth-order valence-electron chi connectivity index (χ4n) is 2.56. The first kappa shape index (κ1) is 16.3. The van der Waals surface area contributed by atoms with Crippen LogP contribution in [0.3, 0.4) is 0 Å². The minimum absolute atomic E-state index is 0.0389. The van der Waals surface area contributed by atoms with Crippen LogP contribution in [0.2, 0.25) is 0 Å². The van der Waals surface area contributed by atoms with Crippen molar-refractivity contribution in [3.63, 3.8) is 0 Å². The molecule has 1 saturated heterocycles. The summed E-state index contributed by atoms with van der Waals surface area (Å²) >= 11 is 3.34. The lowest BCUT2D eigenvalue weighted by Crippen LogP contribution is -2.35. The number of nitrogens with zero attached hydrogens (tertiary/aromatic N) is 1. The third kappa shape index (κ3) is 5.00. The van der Waals surface area contributed by atoms with Crippen molar-refractivity contribution >= 4 is 27.5 Å². The van der Waals surface area contributed by atoms with Gasteiger partial charge in [-0.2, -0.15) is 0 Å². The molecule has 0 bridgehead atoms. The Morgan fingerprint density at radius 2 is 2.14 bits per heavy atom. The van der Waals surface area contributed by atoms with Gasteiger partial charge in [0.2, 0.25) is 0 Å². The molecule has 21 heavy (non-hydrogen) atoms. The number of benzene rings is 1. The van der Waals surface area contributed by atoms with E-state index in [1.807, 2.05) is 0 Å². The highest BCUT2D eigenvalue weighted by Gasteiger charge is 2.15. The number of rotatable bonds is 5. The predicted molar refractivity (Wildman–Crippen MR) is 90.3 cm³/mol. The maximum absolute atomic E-state index is 12.0. The number of anilines is 1. The van der Waals surface area contributed by atoms with Crippen LogP contribution in [0.25, 0.3) is 0 Å². The van der Waals surface area contributed by atoms with E-state index in [1.54, 1.807) is 18.2 Å². The second-order valence-corrected chi connectivity index (χ2v) is 6.72. The lowest BCUT2D eigenvalue weighted by Gasteiger charge is -2.30. The predicted octanol–water partition coefficient (Wildman–Crippen LogP) is 2.88. The van der Waals surface area contributed by atoms with E-state index >= 15 is 0 Å². The van der Waals surface area contributed by atoms with Gasteiger partial charge >= 0.3 is 0 Å². The van der Waals surface area contributed by atoms with Crippen molar-refractivity contribution in [2.45, 2.75) is 26.2 Å². The number of hydrogen-bond acceptors (Lipinski definition) is 3. The van der Waals surface area contributed by atoms with Crippen molar-refractivity contribution in [2.75, 3.05) is 31.9 Å². The van der Waals surface area contributed by atoms with Gasteiger partial charge in [-0.1, -0.05) is 6.92 Å². The molecule has 1 amide bonds. The standard InChI is InChI=1S/C16H24BrN3O/c1-12-5-9-20(10-6-12)8-2-7-19-16(21)13-3-4-15(18)14(17)11-13/h3-4,11-12H,2,5-10,18H2,1H3,(H,19,21). The van der Waals surface area contributed by atoms with Gasteiger partial charge in [0.25, 0.3) is 5.91 Å². The number of halogens is 1. The van der Waals surface area contributed by atoms with Crippen molar-refractivity contribution < 1.29 is 4.79 Å². The van der Waals surface area contributed by atoms with Gasteiger partial charge in [-0.15, -0.1) is 0 Å². The van der Waals surface area contributed by atoms with Gasteiger partial charge < -0.3 is 16.0 Å². The van der Waals surface area contributed by atoms with Crippen LogP contribution < -0.4 is 11.1 Å². The molecule has 0 aromatic heterocycles. The third-order valence-corrected chi connectivity index (χ3v) is 4.76. The van der Waals surface area contributed by atoms with Crippen molar-refractivity contribution in [1.82, 2.24) is 10.2 Å². The number of piperidine rings is 1. The largest absolute Gasteiger partial charge is 0.398 e. The van der Waals surface area contributed by atoms with Crippen LogP contribution in [0.4, 0.5) is 5.69 Å². The Morgan fingerprint density at radius 1 is 1.43 bits per heavy atom. The second-order valence-electron chi connectivity index (χ2n) is 5.87. The first-order valence-corrected chi connectivity index (χ1v) is 8.41. The molecule has 1 heterocycles. The molecule has 0 unspecified atom stereocenters. The van der Waals surface area contributed by atoms with Crippen LogP contribution in [0.1, 0.15) is 36.5 Å². The van der Waals surface area contributed by atoms with Crippen molar-refractivity contribution in [1.29, 1.82) is 0 Å². The van der Waals surface area contributed by atoms with Crippen LogP contribution >= 0.6 is 15.9 Å². The molecule has 0 radical (unpaired) electrons. The number of carbonyl (C=O) groups excluding carboxylic acids is 1. The number of carbonyl (C=O) groups is 1. The molecular formula is C16H24BrN3O. The highest BCUT2D eigenvalue weighted by atomic mass is 79.9. The van der Waals surface area contributed by atoms with Crippen LogP contribution in [0.5, 0.6) is 0 Å². The van der Waals surface area contributed by atoms with E-state index in [0.29, 0.717) is 17.8 Å². The quantitative estimate of drug-likeness (QED) is 0.632. The number of nitrogen functional groups attached to an aromatic ring is 1. The number of nitrogens with one attached hydrogen (secondary N) is 1. The first-order chi connectivity index (χ1) is 10.1. The van der Waals surface area contributed by atoms with E-state index in [2.05, 4.69) is 33.1 Å². The molecule has 1 aromatic carbocycles. The molecule has 1 aliphatic rings. The smallest absolute Gasteiger partial charge is 0.251 e. The van der Waals surface area contributed by atoms with Gasteiger partial charge in [-0.25, -0.2) is 0 Å². The summed E-state index contributed by atoms with van der Waals surface area (Å²) in [7, 11) is 0. The highest BCUT2D eigenvalue weighted by Crippen LogP contribution is 2.20. The number of nitrogens with two attached hydrogens (primary N) is 1. The minimum Gasteiger partial charge on any atom is -0.398 e. The zero-order valence-corrected chi connectivity index (χ0v) is 14.2. The Balaban J connectivity index is 1.68. The Bertz CT molecular complexity index is 484. The topological polar surface area (TPSA) is 58.4 Å². The average molecular weight is 354 g/mol. The monoisotopic (exact) mass is 353 g/mol. The molecule has 0 spiro atoms. The lowest BCUT2D eigenvalue weighted by molar-refractivity contribution is 0.0950. The van der Waals surface area contributed by atoms with Crippen LogP contribution in [0.15, 0.2) is 22.7 Å². The molecule has 0 atom stereocenters. The summed E-state index contributed by atoms with van der Waals surface area (Å²) in [6.45, 7) is 6.49. The molecule has 116 valence electrons. The summed E-state index contributed by atoms with van der Waals surface area (Å²) in [4.78, 5) is 14.5. The fourth-order valence-corrected chi connectivity index (χ4v) is 2.94. The summed E-state index contributed by atoms with van der Waals surface area (Å²) in [6, 6.07) is 5.26. The molecule has 0 saturated carbocycles. The number of hydrogen-bond donors (Lipinski definition) is 2. The fraction of sp³-hybridized carbons (Fsp3) is 0.562. The van der Waals surface area contributed by atoms with Crippen molar-refractivity contribution in [2.24, 2.45) is 5.92 Å². The molecule has 2 rings (SSSR count). The zero-order chi connectivity index (χ0) is 15.2. The van der Waals surface area contributed by atoms with E-state index in [4.69, 9.17) is 5.73 Å². The third-order valence-electron chi connectivity index (χ3n) is 4.08. The number of amides is 1. The molecule has 3 N–H and O–H groups in total. The molecular weight excluding hydrogens is 330 g/mol.